The predicted molar refractivity (Wildman–Crippen MR) is 96.9 cm³/mol. The van der Waals surface area contributed by atoms with Crippen LogP contribution in [-0.4, -0.2) is 37.1 Å². The number of aryl methyl sites for hydroxylation is 2. The van der Waals surface area contributed by atoms with Gasteiger partial charge in [-0.3, -0.25) is 9.59 Å². The molecular formula is C19H23N3O3. The zero-order valence-electron chi connectivity index (χ0n) is 14.8. The molecule has 132 valence electrons. The number of hydrogen-bond donors (Lipinski definition) is 2. The van der Waals surface area contributed by atoms with Crippen molar-refractivity contribution in [3.63, 3.8) is 0 Å². The molecule has 0 bridgehead atoms. The maximum Gasteiger partial charge on any atom is 0.274 e. The van der Waals surface area contributed by atoms with Gasteiger partial charge in [0.15, 0.2) is 0 Å². The van der Waals surface area contributed by atoms with Crippen molar-refractivity contribution in [2.45, 2.75) is 20.3 Å². The molecule has 2 N–H and O–H groups in total. The highest BCUT2D eigenvalue weighted by Gasteiger charge is 2.13. The summed E-state index contributed by atoms with van der Waals surface area (Å²) in [6, 6.07) is 10.6. The fourth-order valence-electron chi connectivity index (χ4n) is 2.34. The van der Waals surface area contributed by atoms with Gasteiger partial charge in [-0.2, -0.15) is 0 Å². The molecule has 25 heavy (non-hydrogen) atoms. The van der Waals surface area contributed by atoms with Crippen molar-refractivity contribution in [3.8, 4) is 0 Å². The van der Waals surface area contributed by atoms with Crippen LogP contribution >= 0.6 is 0 Å². The van der Waals surface area contributed by atoms with Crippen LogP contribution < -0.4 is 10.6 Å². The van der Waals surface area contributed by atoms with E-state index in [1.54, 1.807) is 25.3 Å². The number of benzene rings is 1. The highest BCUT2D eigenvalue weighted by Crippen LogP contribution is 2.16. The Morgan fingerprint density at radius 3 is 2.48 bits per heavy atom. The standard InChI is InChI=1S/C19H23N3O3/c1-13-8-9-15(14(2)12-13)22-19(24)17-7-4-6-16(21-17)18(23)20-10-5-11-25-3/h4,6-9,12H,5,10-11H2,1-3H3,(H,20,23)(H,22,24). The SMILES string of the molecule is COCCCNC(=O)c1cccc(C(=O)Nc2ccc(C)cc2C)n1. The van der Waals surface area contributed by atoms with Gasteiger partial charge >= 0.3 is 0 Å². The normalized spacial score (nSPS) is 10.4. The molecule has 0 unspecified atom stereocenters. The van der Waals surface area contributed by atoms with Crippen LogP contribution in [-0.2, 0) is 4.74 Å². The van der Waals surface area contributed by atoms with E-state index < -0.39 is 0 Å². The van der Waals surface area contributed by atoms with E-state index in [-0.39, 0.29) is 23.2 Å². The number of methoxy groups -OCH3 is 1. The van der Waals surface area contributed by atoms with E-state index >= 15 is 0 Å². The fraction of sp³-hybridized carbons (Fsp3) is 0.316. The van der Waals surface area contributed by atoms with Gasteiger partial charge in [0.1, 0.15) is 11.4 Å². The summed E-state index contributed by atoms with van der Waals surface area (Å²) in [4.78, 5) is 28.6. The molecule has 0 aliphatic rings. The van der Waals surface area contributed by atoms with E-state index in [1.807, 2.05) is 32.0 Å². The van der Waals surface area contributed by atoms with E-state index in [2.05, 4.69) is 15.6 Å². The van der Waals surface area contributed by atoms with Crippen LogP contribution in [0.15, 0.2) is 36.4 Å². The van der Waals surface area contributed by atoms with Gasteiger partial charge in [0.2, 0.25) is 0 Å². The van der Waals surface area contributed by atoms with E-state index in [1.165, 1.54) is 0 Å². The number of aromatic nitrogens is 1. The number of hydrogen-bond acceptors (Lipinski definition) is 4. The minimum absolute atomic E-state index is 0.199. The molecule has 6 heteroatoms. The summed E-state index contributed by atoms with van der Waals surface area (Å²) in [5, 5.41) is 5.58. The Balaban J connectivity index is 2.04. The van der Waals surface area contributed by atoms with Crippen LogP contribution in [0.4, 0.5) is 5.69 Å². The monoisotopic (exact) mass is 341 g/mol. The lowest BCUT2D eigenvalue weighted by atomic mass is 10.1. The lowest BCUT2D eigenvalue weighted by molar-refractivity contribution is 0.0943. The van der Waals surface area contributed by atoms with Gasteiger partial charge in [-0.1, -0.05) is 23.8 Å². The molecule has 2 rings (SSSR count). The third kappa shape index (κ3) is 5.39. The first-order valence-electron chi connectivity index (χ1n) is 8.14. The Kier molecular flexibility index (Phi) is 6.65. The summed E-state index contributed by atoms with van der Waals surface area (Å²) < 4.78 is 4.93. The number of carbonyl (C=O) groups is 2. The van der Waals surface area contributed by atoms with Gasteiger partial charge < -0.3 is 15.4 Å². The second-order valence-corrected chi connectivity index (χ2v) is 5.78. The Labute approximate surface area is 147 Å². The van der Waals surface area contributed by atoms with Crippen molar-refractivity contribution in [1.29, 1.82) is 0 Å². The van der Waals surface area contributed by atoms with Crippen molar-refractivity contribution >= 4 is 17.5 Å². The molecule has 6 nitrogen and oxygen atoms in total. The Morgan fingerprint density at radius 2 is 1.80 bits per heavy atom. The number of nitrogens with one attached hydrogen (secondary N) is 2. The number of carbonyl (C=O) groups excluding carboxylic acids is 2. The maximum atomic E-state index is 12.4. The minimum atomic E-state index is -0.346. The van der Waals surface area contributed by atoms with E-state index in [0.717, 1.165) is 23.2 Å². The second kappa shape index (κ2) is 8.94. The van der Waals surface area contributed by atoms with E-state index in [4.69, 9.17) is 4.74 Å². The third-order valence-electron chi connectivity index (χ3n) is 3.66. The van der Waals surface area contributed by atoms with Crippen molar-refractivity contribution in [2.75, 3.05) is 25.6 Å². The first-order chi connectivity index (χ1) is 12.0. The van der Waals surface area contributed by atoms with Crippen LogP contribution in [0.1, 0.15) is 38.5 Å². The zero-order chi connectivity index (χ0) is 18.2. The number of ether oxygens (including phenoxy) is 1. The summed E-state index contributed by atoms with van der Waals surface area (Å²) in [5.74, 6) is -0.654. The predicted octanol–water partition coefficient (Wildman–Crippen LogP) is 2.72. The summed E-state index contributed by atoms with van der Waals surface area (Å²) in [6.45, 7) is 4.99. The smallest absolute Gasteiger partial charge is 0.274 e. The Morgan fingerprint density at radius 1 is 1.08 bits per heavy atom. The molecule has 1 aromatic heterocycles. The lowest BCUT2D eigenvalue weighted by Gasteiger charge is -2.09. The largest absolute Gasteiger partial charge is 0.385 e. The van der Waals surface area contributed by atoms with Gasteiger partial charge in [0.05, 0.1) is 0 Å². The topological polar surface area (TPSA) is 80.3 Å². The first kappa shape index (κ1) is 18.6. The molecule has 1 aromatic carbocycles. The van der Waals surface area contributed by atoms with Crippen molar-refractivity contribution < 1.29 is 14.3 Å². The number of anilines is 1. The summed E-state index contributed by atoms with van der Waals surface area (Å²) in [5.41, 5.74) is 3.24. The van der Waals surface area contributed by atoms with E-state index in [9.17, 15) is 9.59 Å². The molecule has 0 saturated heterocycles. The molecule has 0 atom stereocenters. The van der Waals surface area contributed by atoms with Crippen molar-refractivity contribution in [3.05, 3.63) is 58.9 Å². The average Bonchev–Trinajstić information content (AvgIpc) is 2.61. The number of nitrogens with zero attached hydrogens (tertiary/aromatic N) is 1. The molecule has 0 fully saturated rings. The minimum Gasteiger partial charge on any atom is -0.385 e. The van der Waals surface area contributed by atoms with Crippen LogP contribution in [0.25, 0.3) is 0 Å². The quantitative estimate of drug-likeness (QED) is 0.759. The van der Waals surface area contributed by atoms with Gasteiger partial charge in [-0.25, -0.2) is 4.98 Å². The molecule has 0 aliphatic heterocycles. The van der Waals surface area contributed by atoms with Gasteiger partial charge in [-0.05, 0) is 44.0 Å². The van der Waals surface area contributed by atoms with Crippen molar-refractivity contribution in [1.82, 2.24) is 10.3 Å². The molecule has 0 radical (unpaired) electrons. The van der Waals surface area contributed by atoms with Gasteiger partial charge in [-0.15, -0.1) is 0 Å². The maximum absolute atomic E-state index is 12.4. The summed E-state index contributed by atoms with van der Waals surface area (Å²) in [6.07, 6.45) is 0.717. The van der Waals surface area contributed by atoms with Crippen LogP contribution in [0.3, 0.4) is 0 Å². The summed E-state index contributed by atoms with van der Waals surface area (Å²) >= 11 is 0. The van der Waals surface area contributed by atoms with Gasteiger partial charge in [0.25, 0.3) is 11.8 Å². The van der Waals surface area contributed by atoms with Crippen molar-refractivity contribution in [2.24, 2.45) is 0 Å². The fourth-order valence-corrected chi connectivity index (χ4v) is 2.34. The molecule has 2 aromatic rings. The van der Waals surface area contributed by atoms with E-state index in [0.29, 0.717) is 13.2 Å². The van der Waals surface area contributed by atoms with Crippen LogP contribution in [0.2, 0.25) is 0 Å². The number of rotatable bonds is 7. The van der Waals surface area contributed by atoms with Crippen LogP contribution in [0.5, 0.6) is 0 Å². The average molecular weight is 341 g/mol. The third-order valence-corrected chi connectivity index (χ3v) is 3.66. The highest BCUT2D eigenvalue weighted by molar-refractivity contribution is 6.04. The summed E-state index contributed by atoms with van der Waals surface area (Å²) in [7, 11) is 1.61. The first-order valence-corrected chi connectivity index (χ1v) is 8.14. The Hall–Kier alpha value is -2.73. The molecular weight excluding hydrogens is 318 g/mol. The molecule has 1 heterocycles. The lowest BCUT2D eigenvalue weighted by Crippen LogP contribution is -2.27. The van der Waals surface area contributed by atoms with Crippen LogP contribution in [0, 0.1) is 13.8 Å². The second-order valence-electron chi connectivity index (χ2n) is 5.78. The number of pyridine rings is 1. The Bertz CT molecular complexity index is 759. The zero-order valence-corrected chi connectivity index (χ0v) is 14.8. The van der Waals surface area contributed by atoms with Gasteiger partial charge in [0, 0.05) is 25.9 Å². The molecule has 0 aliphatic carbocycles. The molecule has 2 amide bonds. The highest BCUT2D eigenvalue weighted by atomic mass is 16.5. The molecule has 0 spiro atoms. The number of amides is 2. The molecule has 0 saturated carbocycles.